The lowest BCUT2D eigenvalue weighted by Gasteiger charge is -2.40. The van der Waals surface area contributed by atoms with E-state index in [1.54, 1.807) is 0 Å². The standard InChI is InChI=1S/C61H98O12/c1-4-7-10-13-16-19-22-24-26-27-29-30-33-35-38-41-44-47-53(62)69-50-52(71-54(63)48-45-42-39-37-34-31-28-25-23-20-17-14-11-8-5-2)51-70-61-59(57(66)56(65)58(73-61)60(67)68)72-55(64)49-46-43-40-36-32-21-18-15-12-9-6-3/h7-8,10-11,15-20,24-26,28,34,37,52,56-59,61,65-66H,4-6,9,12-14,21-23,27,29-33,35-36,38-51H2,1-3H3,(H,67,68)/b10-7-,11-8-,18-15-,19-16-,20-17-,26-24-,28-25-,37-34-. The van der Waals surface area contributed by atoms with Crippen molar-refractivity contribution in [3.8, 4) is 0 Å². The van der Waals surface area contributed by atoms with Crippen molar-refractivity contribution in [2.45, 2.75) is 250 Å². The maximum atomic E-state index is 13.1. The van der Waals surface area contributed by atoms with Gasteiger partial charge in [0.1, 0.15) is 18.8 Å². The Morgan fingerprint density at radius 3 is 1.36 bits per heavy atom. The van der Waals surface area contributed by atoms with Crippen LogP contribution in [0.5, 0.6) is 0 Å². The summed E-state index contributed by atoms with van der Waals surface area (Å²) in [5.74, 6) is -3.21. The van der Waals surface area contributed by atoms with Crippen LogP contribution in [0.15, 0.2) is 97.2 Å². The molecule has 12 heteroatoms. The molecular weight excluding hydrogens is 925 g/mol. The van der Waals surface area contributed by atoms with Crippen LogP contribution in [0.2, 0.25) is 0 Å². The predicted octanol–water partition coefficient (Wildman–Crippen LogP) is 14.1. The first-order valence-electron chi connectivity index (χ1n) is 28.2. The first-order valence-corrected chi connectivity index (χ1v) is 28.2. The maximum absolute atomic E-state index is 13.1. The quantitative estimate of drug-likeness (QED) is 0.0228. The molecule has 6 unspecified atom stereocenters. The van der Waals surface area contributed by atoms with Crippen molar-refractivity contribution in [3.63, 3.8) is 0 Å². The zero-order chi connectivity index (χ0) is 53.3. The van der Waals surface area contributed by atoms with E-state index >= 15 is 0 Å². The molecule has 0 radical (unpaired) electrons. The molecule has 0 amide bonds. The van der Waals surface area contributed by atoms with Gasteiger partial charge >= 0.3 is 23.9 Å². The van der Waals surface area contributed by atoms with Crippen LogP contribution in [-0.4, -0.2) is 89.2 Å². The zero-order valence-electron chi connectivity index (χ0n) is 45.3. The number of hydrogen-bond donors (Lipinski definition) is 3. The Morgan fingerprint density at radius 1 is 0.466 bits per heavy atom. The third kappa shape index (κ3) is 38.8. The number of esters is 3. The molecule has 73 heavy (non-hydrogen) atoms. The fourth-order valence-corrected chi connectivity index (χ4v) is 7.82. The van der Waals surface area contributed by atoms with Gasteiger partial charge in [-0.1, -0.05) is 182 Å². The molecule has 0 aliphatic carbocycles. The molecule has 0 bridgehead atoms. The first-order chi connectivity index (χ1) is 35.6. The summed E-state index contributed by atoms with van der Waals surface area (Å²) in [5.41, 5.74) is 0. The van der Waals surface area contributed by atoms with Gasteiger partial charge in [-0.15, -0.1) is 0 Å². The second kappa shape index (κ2) is 48.6. The fraction of sp³-hybridized carbons (Fsp3) is 0.672. The summed E-state index contributed by atoms with van der Waals surface area (Å²) in [4.78, 5) is 51.0. The Morgan fingerprint density at radius 2 is 0.863 bits per heavy atom. The Kier molecular flexibility index (Phi) is 44.4. The Balaban J connectivity index is 2.74. The van der Waals surface area contributed by atoms with Crippen LogP contribution in [0.1, 0.15) is 213 Å². The summed E-state index contributed by atoms with van der Waals surface area (Å²) >= 11 is 0. The summed E-state index contributed by atoms with van der Waals surface area (Å²) in [6.07, 6.45) is 51.1. The van der Waals surface area contributed by atoms with Crippen LogP contribution in [0.3, 0.4) is 0 Å². The number of allylic oxidation sites excluding steroid dienone is 16. The van der Waals surface area contributed by atoms with Crippen LogP contribution in [0, 0.1) is 0 Å². The van der Waals surface area contributed by atoms with Gasteiger partial charge in [0.05, 0.1) is 6.61 Å². The smallest absolute Gasteiger partial charge is 0.335 e. The number of aliphatic carboxylic acids is 1. The summed E-state index contributed by atoms with van der Waals surface area (Å²) in [7, 11) is 0. The molecule has 0 aromatic rings. The van der Waals surface area contributed by atoms with E-state index in [9.17, 15) is 34.5 Å². The number of aliphatic hydroxyl groups is 2. The van der Waals surface area contributed by atoms with Crippen LogP contribution in [0.25, 0.3) is 0 Å². The summed E-state index contributed by atoms with van der Waals surface area (Å²) in [5, 5.41) is 31.4. The van der Waals surface area contributed by atoms with E-state index in [2.05, 4.69) is 118 Å². The minimum Gasteiger partial charge on any atom is -0.479 e. The molecule has 1 aliphatic rings. The van der Waals surface area contributed by atoms with E-state index in [1.807, 2.05) is 0 Å². The number of carboxylic acids is 1. The highest BCUT2D eigenvalue weighted by Gasteiger charge is 2.50. The van der Waals surface area contributed by atoms with Gasteiger partial charge in [0.2, 0.25) is 0 Å². The first kappa shape index (κ1) is 66.7. The lowest BCUT2D eigenvalue weighted by atomic mass is 9.98. The van der Waals surface area contributed by atoms with E-state index in [-0.39, 0.29) is 25.9 Å². The van der Waals surface area contributed by atoms with E-state index in [0.29, 0.717) is 19.3 Å². The predicted molar refractivity (Wildman–Crippen MR) is 294 cm³/mol. The van der Waals surface area contributed by atoms with Gasteiger partial charge in [-0.25, -0.2) is 4.79 Å². The molecule has 0 spiro atoms. The third-order valence-electron chi connectivity index (χ3n) is 12.1. The highest BCUT2D eigenvalue weighted by molar-refractivity contribution is 5.74. The molecule has 0 aromatic heterocycles. The van der Waals surface area contributed by atoms with Crippen molar-refractivity contribution in [3.05, 3.63) is 97.2 Å². The van der Waals surface area contributed by atoms with Gasteiger partial charge in [-0.3, -0.25) is 14.4 Å². The molecule has 0 saturated carbocycles. The molecule has 6 atom stereocenters. The average molecular weight is 1020 g/mol. The molecule has 414 valence electrons. The van der Waals surface area contributed by atoms with E-state index in [0.717, 1.165) is 135 Å². The topological polar surface area (TPSA) is 175 Å². The molecule has 1 rings (SSSR count). The Hall–Kier alpha value is -4.36. The Bertz CT molecular complexity index is 1640. The number of aliphatic hydroxyl groups excluding tert-OH is 2. The Labute approximate surface area is 441 Å². The largest absolute Gasteiger partial charge is 0.479 e. The summed E-state index contributed by atoms with van der Waals surface area (Å²) in [6, 6.07) is 0. The van der Waals surface area contributed by atoms with Crippen molar-refractivity contribution in [1.29, 1.82) is 0 Å². The van der Waals surface area contributed by atoms with Gasteiger partial charge in [0.25, 0.3) is 0 Å². The van der Waals surface area contributed by atoms with Gasteiger partial charge in [0.15, 0.2) is 24.6 Å². The van der Waals surface area contributed by atoms with Crippen molar-refractivity contribution in [1.82, 2.24) is 0 Å². The third-order valence-corrected chi connectivity index (χ3v) is 12.1. The van der Waals surface area contributed by atoms with Crippen molar-refractivity contribution in [2.24, 2.45) is 0 Å². The molecule has 1 aliphatic heterocycles. The number of ether oxygens (including phenoxy) is 5. The molecule has 1 fully saturated rings. The zero-order valence-corrected chi connectivity index (χ0v) is 45.3. The fourth-order valence-electron chi connectivity index (χ4n) is 7.82. The van der Waals surface area contributed by atoms with Crippen LogP contribution in [-0.2, 0) is 42.9 Å². The normalized spacial score (nSPS) is 19.1. The van der Waals surface area contributed by atoms with Gasteiger partial charge in [-0.2, -0.15) is 0 Å². The van der Waals surface area contributed by atoms with Gasteiger partial charge < -0.3 is 39.0 Å². The number of rotatable bonds is 46. The average Bonchev–Trinajstić information content (AvgIpc) is 3.37. The molecular formula is C61H98O12. The van der Waals surface area contributed by atoms with Crippen LogP contribution in [0.4, 0.5) is 0 Å². The van der Waals surface area contributed by atoms with Crippen molar-refractivity contribution in [2.75, 3.05) is 13.2 Å². The van der Waals surface area contributed by atoms with Crippen molar-refractivity contribution < 1.29 is 58.2 Å². The molecule has 12 nitrogen and oxygen atoms in total. The van der Waals surface area contributed by atoms with Gasteiger partial charge in [-0.05, 0) is 109 Å². The monoisotopic (exact) mass is 1020 g/mol. The minimum atomic E-state index is -1.92. The van der Waals surface area contributed by atoms with E-state index < -0.39 is 67.3 Å². The van der Waals surface area contributed by atoms with Crippen LogP contribution >= 0.6 is 0 Å². The lowest BCUT2D eigenvalue weighted by Crippen LogP contribution is -2.61. The maximum Gasteiger partial charge on any atom is 0.335 e. The molecule has 1 heterocycles. The van der Waals surface area contributed by atoms with E-state index in [1.165, 1.54) is 19.3 Å². The molecule has 3 N–H and O–H groups in total. The SMILES string of the molecule is CC/C=C\C/C=C\C/C=C\C/C=C\CCCCC(=O)OC(COC(=O)CCCCCCCCC/C=C\C/C=C\C/C=C\CC)COC1OC(C(=O)O)C(O)C(O)C1OC(=O)CCCCCCC/C=C\CCCC. The lowest BCUT2D eigenvalue weighted by molar-refractivity contribution is -0.301. The number of carbonyl (C=O) groups is 4. The summed E-state index contributed by atoms with van der Waals surface area (Å²) in [6.45, 7) is 5.66. The van der Waals surface area contributed by atoms with Gasteiger partial charge in [0, 0.05) is 19.3 Å². The highest BCUT2D eigenvalue weighted by atomic mass is 16.7. The highest BCUT2D eigenvalue weighted by Crippen LogP contribution is 2.26. The second-order valence-corrected chi connectivity index (χ2v) is 18.8. The number of carbonyl (C=O) groups excluding carboxylic acids is 3. The van der Waals surface area contributed by atoms with Crippen molar-refractivity contribution >= 4 is 23.9 Å². The molecule has 1 saturated heterocycles. The summed E-state index contributed by atoms with van der Waals surface area (Å²) < 4.78 is 28.3. The minimum absolute atomic E-state index is 0.0397. The number of unbranched alkanes of at least 4 members (excludes halogenated alkanes) is 16. The number of hydrogen-bond acceptors (Lipinski definition) is 11. The van der Waals surface area contributed by atoms with Crippen LogP contribution < -0.4 is 0 Å². The molecule has 0 aromatic carbocycles. The number of carboxylic acid groups (broad SMARTS) is 1. The van der Waals surface area contributed by atoms with E-state index in [4.69, 9.17) is 23.7 Å². The second-order valence-electron chi connectivity index (χ2n) is 18.8.